The van der Waals surface area contributed by atoms with Crippen LogP contribution in [0.1, 0.15) is 35.3 Å². The average Bonchev–Trinajstić information content (AvgIpc) is 2.38. The molecule has 0 unspecified atom stereocenters. The van der Waals surface area contributed by atoms with Gasteiger partial charge in [-0.15, -0.1) is 0 Å². The lowest BCUT2D eigenvalue weighted by Crippen LogP contribution is -1.98. The van der Waals surface area contributed by atoms with Crippen molar-refractivity contribution >= 4 is 5.97 Å². The molecule has 0 bridgehead atoms. The maximum Gasteiger partial charge on any atom is 0.335 e. The molecule has 2 aromatic carbocycles. The van der Waals surface area contributed by atoms with Crippen LogP contribution in [0.5, 0.6) is 0 Å². The van der Waals surface area contributed by atoms with Crippen molar-refractivity contribution in [3.8, 4) is 11.1 Å². The van der Waals surface area contributed by atoms with Gasteiger partial charge in [0, 0.05) is 0 Å². The van der Waals surface area contributed by atoms with Gasteiger partial charge in [0.2, 0.25) is 0 Å². The van der Waals surface area contributed by atoms with Gasteiger partial charge in [-0.05, 0) is 53.6 Å². The van der Waals surface area contributed by atoms with Gasteiger partial charge in [-0.3, -0.25) is 0 Å². The number of hydrogen-bond donors (Lipinski definition) is 1. The average molecular weight is 268 g/mol. The summed E-state index contributed by atoms with van der Waals surface area (Å²) in [6, 6.07) is 13.6. The Balaban J connectivity index is 2.45. The molecule has 2 aromatic rings. The van der Waals surface area contributed by atoms with Gasteiger partial charge in [0.15, 0.2) is 0 Å². The van der Waals surface area contributed by atoms with Gasteiger partial charge < -0.3 is 5.11 Å². The van der Waals surface area contributed by atoms with Crippen LogP contribution in [0, 0.1) is 12.8 Å². The second kappa shape index (κ2) is 5.91. The molecule has 1 N–H and O–H groups in total. The lowest BCUT2D eigenvalue weighted by atomic mass is 9.94. The number of rotatable bonds is 4. The van der Waals surface area contributed by atoms with Gasteiger partial charge in [0.1, 0.15) is 0 Å². The van der Waals surface area contributed by atoms with E-state index in [0.29, 0.717) is 11.5 Å². The smallest absolute Gasteiger partial charge is 0.335 e. The maximum atomic E-state index is 11.1. The van der Waals surface area contributed by atoms with Crippen LogP contribution in [0.25, 0.3) is 11.1 Å². The molecular weight excluding hydrogens is 248 g/mol. The predicted molar refractivity (Wildman–Crippen MR) is 82.1 cm³/mol. The maximum absolute atomic E-state index is 11.1. The molecule has 0 aromatic heterocycles. The van der Waals surface area contributed by atoms with Crippen LogP contribution in [0.15, 0.2) is 42.5 Å². The second-order valence-corrected chi connectivity index (χ2v) is 5.63. The molecule has 104 valence electrons. The molecular formula is C18H20O2. The van der Waals surface area contributed by atoms with Crippen molar-refractivity contribution in [2.75, 3.05) is 0 Å². The third-order valence-corrected chi connectivity index (χ3v) is 3.37. The number of carboxylic acid groups (broad SMARTS) is 1. The Hall–Kier alpha value is -2.09. The molecule has 0 aliphatic carbocycles. The van der Waals surface area contributed by atoms with Gasteiger partial charge in [0.05, 0.1) is 5.56 Å². The van der Waals surface area contributed by atoms with Crippen molar-refractivity contribution in [2.45, 2.75) is 27.2 Å². The van der Waals surface area contributed by atoms with Crippen molar-refractivity contribution in [3.05, 3.63) is 59.2 Å². The van der Waals surface area contributed by atoms with E-state index in [1.54, 1.807) is 12.1 Å². The summed E-state index contributed by atoms with van der Waals surface area (Å²) in [7, 11) is 0. The molecule has 0 saturated heterocycles. The number of benzene rings is 2. The van der Waals surface area contributed by atoms with Crippen molar-refractivity contribution in [1.29, 1.82) is 0 Å². The SMILES string of the molecule is Cc1ccc(C(=O)O)cc1-c1cccc(CC(C)C)c1. The Morgan fingerprint density at radius 1 is 1.15 bits per heavy atom. The van der Waals surface area contributed by atoms with Gasteiger partial charge in [-0.1, -0.05) is 44.2 Å². The number of carboxylic acids is 1. The van der Waals surface area contributed by atoms with Crippen LogP contribution in [0.3, 0.4) is 0 Å². The Kier molecular flexibility index (Phi) is 4.23. The lowest BCUT2D eigenvalue weighted by Gasteiger charge is -2.10. The first-order valence-corrected chi connectivity index (χ1v) is 6.90. The summed E-state index contributed by atoms with van der Waals surface area (Å²) in [5.74, 6) is -0.277. The van der Waals surface area contributed by atoms with Gasteiger partial charge in [-0.25, -0.2) is 4.79 Å². The monoisotopic (exact) mass is 268 g/mol. The molecule has 20 heavy (non-hydrogen) atoms. The van der Waals surface area contributed by atoms with E-state index in [1.165, 1.54) is 5.56 Å². The van der Waals surface area contributed by atoms with E-state index in [2.05, 4.69) is 26.0 Å². The summed E-state index contributed by atoms with van der Waals surface area (Å²) in [5.41, 5.74) is 4.80. The Labute approximate surface area is 120 Å². The number of hydrogen-bond acceptors (Lipinski definition) is 1. The number of aryl methyl sites for hydroxylation is 1. The van der Waals surface area contributed by atoms with E-state index in [0.717, 1.165) is 23.1 Å². The van der Waals surface area contributed by atoms with E-state index in [-0.39, 0.29) is 0 Å². The topological polar surface area (TPSA) is 37.3 Å². The van der Waals surface area contributed by atoms with Crippen LogP contribution < -0.4 is 0 Å². The van der Waals surface area contributed by atoms with Crippen LogP contribution in [-0.4, -0.2) is 11.1 Å². The molecule has 0 aliphatic rings. The summed E-state index contributed by atoms with van der Waals surface area (Å²) in [6.07, 6.45) is 1.03. The molecule has 2 rings (SSSR count). The summed E-state index contributed by atoms with van der Waals surface area (Å²) >= 11 is 0. The number of aromatic carboxylic acids is 1. The van der Waals surface area contributed by atoms with Gasteiger partial charge >= 0.3 is 5.97 Å². The van der Waals surface area contributed by atoms with Gasteiger partial charge in [0.25, 0.3) is 0 Å². The third-order valence-electron chi connectivity index (χ3n) is 3.37. The van der Waals surface area contributed by atoms with Crippen LogP contribution >= 0.6 is 0 Å². The molecule has 2 nitrogen and oxygen atoms in total. The van der Waals surface area contributed by atoms with Crippen molar-refractivity contribution < 1.29 is 9.90 Å². The third kappa shape index (κ3) is 3.27. The first-order chi connectivity index (χ1) is 9.47. The standard InChI is InChI=1S/C18H20O2/c1-12(2)9-14-5-4-6-15(10-14)17-11-16(18(19)20)8-7-13(17)3/h4-8,10-12H,9H2,1-3H3,(H,19,20). The molecule has 0 spiro atoms. The number of carbonyl (C=O) groups is 1. The molecule has 0 heterocycles. The van der Waals surface area contributed by atoms with E-state index >= 15 is 0 Å². The molecule has 0 radical (unpaired) electrons. The molecule has 2 heteroatoms. The summed E-state index contributed by atoms with van der Waals surface area (Å²) in [4.78, 5) is 11.1. The Bertz CT molecular complexity index is 627. The fraction of sp³-hybridized carbons (Fsp3) is 0.278. The fourth-order valence-electron chi connectivity index (χ4n) is 2.40. The molecule has 0 atom stereocenters. The molecule has 0 aliphatic heterocycles. The summed E-state index contributed by atoms with van der Waals surface area (Å²) in [5, 5.41) is 9.12. The largest absolute Gasteiger partial charge is 0.478 e. The fourth-order valence-corrected chi connectivity index (χ4v) is 2.40. The zero-order valence-electron chi connectivity index (χ0n) is 12.2. The molecule has 0 fully saturated rings. The summed E-state index contributed by atoms with van der Waals surface area (Å²) in [6.45, 7) is 6.40. The van der Waals surface area contributed by atoms with Crippen LogP contribution in [0.4, 0.5) is 0 Å². The highest BCUT2D eigenvalue weighted by Gasteiger charge is 2.08. The van der Waals surface area contributed by atoms with Crippen LogP contribution in [-0.2, 0) is 6.42 Å². The van der Waals surface area contributed by atoms with Crippen molar-refractivity contribution in [2.24, 2.45) is 5.92 Å². The van der Waals surface area contributed by atoms with Gasteiger partial charge in [-0.2, -0.15) is 0 Å². The van der Waals surface area contributed by atoms with E-state index < -0.39 is 5.97 Å². The van der Waals surface area contributed by atoms with Crippen molar-refractivity contribution in [1.82, 2.24) is 0 Å². The molecule has 0 saturated carbocycles. The summed E-state index contributed by atoms with van der Waals surface area (Å²) < 4.78 is 0. The van der Waals surface area contributed by atoms with Crippen molar-refractivity contribution in [3.63, 3.8) is 0 Å². The van der Waals surface area contributed by atoms with E-state index in [9.17, 15) is 4.79 Å². The highest BCUT2D eigenvalue weighted by molar-refractivity contribution is 5.90. The lowest BCUT2D eigenvalue weighted by molar-refractivity contribution is 0.0697. The first-order valence-electron chi connectivity index (χ1n) is 6.90. The Morgan fingerprint density at radius 2 is 1.90 bits per heavy atom. The quantitative estimate of drug-likeness (QED) is 0.882. The minimum Gasteiger partial charge on any atom is -0.478 e. The molecule has 0 amide bonds. The minimum absolute atomic E-state index is 0.333. The zero-order valence-corrected chi connectivity index (χ0v) is 12.2. The highest BCUT2D eigenvalue weighted by atomic mass is 16.4. The predicted octanol–water partition coefficient (Wildman–Crippen LogP) is 4.56. The minimum atomic E-state index is -0.885. The zero-order chi connectivity index (χ0) is 14.7. The van der Waals surface area contributed by atoms with E-state index in [4.69, 9.17) is 5.11 Å². The van der Waals surface area contributed by atoms with E-state index in [1.807, 2.05) is 25.1 Å². The second-order valence-electron chi connectivity index (χ2n) is 5.63. The highest BCUT2D eigenvalue weighted by Crippen LogP contribution is 2.26. The first kappa shape index (κ1) is 14.3. The Morgan fingerprint density at radius 3 is 2.55 bits per heavy atom. The normalized spacial score (nSPS) is 10.8. The van der Waals surface area contributed by atoms with Crippen LogP contribution in [0.2, 0.25) is 0 Å².